The molecule has 4 nitrogen and oxygen atoms in total. The molecular formula is C17H24N2O2. The number of aromatic nitrogens is 1. The van der Waals surface area contributed by atoms with Gasteiger partial charge < -0.3 is 20.1 Å². The zero-order chi connectivity index (χ0) is 15.1. The van der Waals surface area contributed by atoms with Crippen molar-refractivity contribution in [3.05, 3.63) is 42.6 Å². The molecule has 0 fully saturated rings. The molecule has 2 aromatic rings. The van der Waals surface area contributed by atoms with Crippen LogP contribution in [0.15, 0.2) is 42.6 Å². The fourth-order valence-corrected chi connectivity index (χ4v) is 2.04. The summed E-state index contributed by atoms with van der Waals surface area (Å²) < 4.78 is 5.78. The van der Waals surface area contributed by atoms with Gasteiger partial charge in [-0.3, -0.25) is 0 Å². The van der Waals surface area contributed by atoms with E-state index in [1.807, 2.05) is 42.6 Å². The maximum Gasteiger partial charge on any atom is 0.128 e. The Bertz CT molecular complexity index is 525. The predicted molar refractivity (Wildman–Crippen MR) is 85.5 cm³/mol. The second-order valence-electron chi connectivity index (χ2n) is 5.26. The Morgan fingerprint density at radius 3 is 2.76 bits per heavy atom. The number of benzene rings is 1. The van der Waals surface area contributed by atoms with Crippen LogP contribution in [0.3, 0.4) is 0 Å². The van der Waals surface area contributed by atoms with Crippen LogP contribution in [0.2, 0.25) is 0 Å². The van der Waals surface area contributed by atoms with Gasteiger partial charge in [0, 0.05) is 30.0 Å². The number of aromatic amines is 1. The van der Waals surface area contributed by atoms with Crippen LogP contribution in [0.25, 0.3) is 11.3 Å². The summed E-state index contributed by atoms with van der Waals surface area (Å²) in [5, 5.41) is 13.3. The first-order chi connectivity index (χ1) is 10.2. The van der Waals surface area contributed by atoms with Crippen molar-refractivity contribution < 1.29 is 9.84 Å². The van der Waals surface area contributed by atoms with Crippen LogP contribution in [0, 0.1) is 0 Å². The van der Waals surface area contributed by atoms with Crippen molar-refractivity contribution in [1.29, 1.82) is 0 Å². The second-order valence-corrected chi connectivity index (χ2v) is 5.26. The summed E-state index contributed by atoms with van der Waals surface area (Å²) in [6.07, 6.45) is 2.41. The molecule has 3 N–H and O–H groups in total. The molecule has 0 spiro atoms. The van der Waals surface area contributed by atoms with E-state index in [-0.39, 0.29) is 6.61 Å². The van der Waals surface area contributed by atoms with Crippen molar-refractivity contribution in [1.82, 2.24) is 10.3 Å². The van der Waals surface area contributed by atoms with Crippen LogP contribution in [-0.4, -0.2) is 35.4 Å². The summed E-state index contributed by atoms with van der Waals surface area (Å²) in [6.45, 7) is 5.04. The molecular weight excluding hydrogens is 264 g/mol. The Morgan fingerprint density at radius 1 is 1.24 bits per heavy atom. The first-order valence-electron chi connectivity index (χ1n) is 7.47. The molecule has 2 unspecified atom stereocenters. The molecule has 0 amide bonds. The maximum atomic E-state index is 9.98. The predicted octanol–water partition coefficient (Wildman–Crippen LogP) is 2.81. The molecule has 1 aromatic carbocycles. The van der Waals surface area contributed by atoms with Gasteiger partial charge in [0.1, 0.15) is 18.5 Å². The highest BCUT2D eigenvalue weighted by molar-refractivity contribution is 5.67. The van der Waals surface area contributed by atoms with Gasteiger partial charge in [0.25, 0.3) is 0 Å². The largest absolute Gasteiger partial charge is 0.490 e. The molecule has 2 atom stereocenters. The molecule has 4 heteroatoms. The number of hydrogen-bond donors (Lipinski definition) is 3. The number of ether oxygens (including phenoxy) is 1. The van der Waals surface area contributed by atoms with Crippen LogP contribution in [-0.2, 0) is 0 Å². The monoisotopic (exact) mass is 288 g/mol. The van der Waals surface area contributed by atoms with E-state index in [1.54, 1.807) is 0 Å². The molecule has 21 heavy (non-hydrogen) atoms. The van der Waals surface area contributed by atoms with Crippen molar-refractivity contribution in [2.45, 2.75) is 32.4 Å². The fraction of sp³-hybridized carbons (Fsp3) is 0.412. The first kappa shape index (κ1) is 15.6. The third-order valence-corrected chi connectivity index (χ3v) is 3.52. The lowest BCUT2D eigenvalue weighted by molar-refractivity contribution is 0.104. The molecule has 0 saturated heterocycles. The lowest BCUT2D eigenvalue weighted by Crippen LogP contribution is -2.36. The Hall–Kier alpha value is -1.78. The highest BCUT2D eigenvalue weighted by Gasteiger charge is 2.10. The lowest BCUT2D eigenvalue weighted by Gasteiger charge is -2.17. The number of nitrogens with one attached hydrogen (secondary N) is 2. The van der Waals surface area contributed by atoms with Crippen LogP contribution in [0.4, 0.5) is 0 Å². The van der Waals surface area contributed by atoms with Gasteiger partial charge in [0.15, 0.2) is 0 Å². The van der Waals surface area contributed by atoms with Gasteiger partial charge >= 0.3 is 0 Å². The summed E-state index contributed by atoms with van der Waals surface area (Å²) in [5.74, 6) is 0.780. The quantitative estimate of drug-likeness (QED) is 0.700. The normalized spacial score (nSPS) is 13.9. The Kier molecular flexibility index (Phi) is 5.84. The smallest absolute Gasteiger partial charge is 0.128 e. The molecule has 1 heterocycles. The van der Waals surface area contributed by atoms with E-state index in [2.05, 4.69) is 24.1 Å². The van der Waals surface area contributed by atoms with Crippen molar-refractivity contribution in [2.75, 3.05) is 13.2 Å². The fourth-order valence-electron chi connectivity index (χ4n) is 2.04. The molecule has 2 rings (SSSR count). The SMILES string of the molecule is CCC(C)NCC(O)COc1ccccc1-c1ccc[nH]1. The highest BCUT2D eigenvalue weighted by atomic mass is 16.5. The number of para-hydroxylation sites is 1. The van der Waals surface area contributed by atoms with Crippen molar-refractivity contribution >= 4 is 0 Å². The number of H-pyrrole nitrogens is 1. The third kappa shape index (κ3) is 4.62. The Labute approximate surface area is 126 Å². The van der Waals surface area contributed by atoms with Crippen LogP contribution in [0.5, 0.6) is 5.75 Å². The number of aliphatic hydroxyl groups is 1. The number of rotatable bonds is 8. The summed E-state index contributed by atoms with van der Waals surface area (Å²) in [6, 6.07) is 12.2. The first-order valence-corrected chi connectivity index (χ1v) is 7.47. The van der Waals surface area contributed by atoms with Crippen molar-refractivity contribution in [3.8, 4) is 17.0 Å². The number of hydrogen-bond acceptors (Lipinski definition) is 3. The van der Waals surface area contributed by atoms with Gasteiger partial charge in [-0.2, -0.15) is 0 Å². The van der Waals surface area contributed by atoms with Gasteiger partial charge in [-0.15, -0.1) is 0 Å². The molecule has 0 aliphatic carbocycles. The average molecular weight is 288 g/mol. The Morgan fingerprint density at radius 2 is 2.05 bits per heavy atom. The van der Waals surface area contributed by atoms with E-state index >= 15 is 0 Å². The summed E-state index contributed by atoms with van der Waals surface area (Å²) >= 11 is 0. The molecule has 114 valence electrons. The minimum Gasteiger partial charge on any atom is -0.490 e. The average Bonchev–Trinajstić information content (AvgIpc) is 3.05. The summed E-state index contributed by atoms with van der Waals surface area (Å²) in [4.78, 5) is 3.17. The van der Waals surface area contributed by atoms with Gasteiger partial charge in [0.2, 0.25) is 0 Å². The molecule has 1 aromatic heterocycles. The standard InChI is InChI=1S/C17H24N2O2/c1-3-13(2)19-11-14(20)12-21-17-9-5-4-7-15(17)16-8-6-10-18-16/h4-10,13-14,18-20H,3,11-12H2,1-2H3. The van der Waals surface area contributed by atoms with E-state index < -0.39 is 6.10 Å². The van der Waals surface area contributed by atoms with E-state index in [0.29, 0.717) is 12.6 Å². The van der Waals surface area contributed by atoms with E-state index in [1.165, 1.54) is 0 Å². The van der Waals surface area contributed by atoms with Gasteiger partial charge in [-0.05, 0) is 37.6 Å². The summed E-state index contributed by atoms with van der Waals surface area (Å²) in [5.41, 5.74) is 2.02. The van der Waals surface area contributed by atoms with Gasteiger partial charge in [-0.1, -0.05) is 19.1 Å². The van der Waals surface area contributed by atoms with Gasteiger partial charge in [-0.25, -0.2) is 0 Å². The second kappa shape index (κ2) is 7.86. The molecule has 0 saturated carbocycles. The Balaban J connectivity index is 1.92. The molecule has 0 bridgehead atoms. The van der Waals surface area contributed by atoms with E-state index in [0.717, 1.165) is 23.4 Å². The zero-order valence-electron chi connectivity index (χ0n) is 12.7. The summed E-state index contributed by atoms with van der Waals surface area (Å²) in [7, 11) is 0. The van der Waals surface area contributed by atoms with E-state index in [4.69, 9.17) is 4.74 Å². The van der Waals surface area contributed by atoms with Gasteiger partial charge in [0.05, 0.1) is 0 Å². The topological polar surface area (TPSA) is 57.3 Å². The molecule has 0 aliphatic rings. The highest BCUT2D eigenvalue weighted by Crippen LogP contribution is 2.28. The van der Waals surface area contributed by atoms with Crippen molar-refractivity contribution in [2.24, 2.45) is 0 Å². The lowest BCUT2D eigenvalue weighted by atomic mass is 10.1. The third-order valence-electron chi connectivity index (χ3n) is 3.52. The molecule has 0 radical (unpaired) electrons. The maximum absolute atomic E-state index is 9.98. The van der Waals surface area contributed by atoms with Crippen LogP contribution in [0.1, 0.15) is 20.3 Å². The minimum absolute atomic E-state index is 0.279. The number of aliphatic hydroxyl groups excluding tert-OH is 1. The van der Waals surface area contributed by atoms with Crippen molar-refractivity contribution in [3.63, 3.8) is 0 Å². The van der Waals surface area contributed by atoms with Crippen LogP contribution < -0.4 is 10.1 Å². The van der Waals surface area contributed by atoms with Crippen LogP contribution >= 0.6 is 0 Å². The zero-order valence-corrected chi connectivity index (χ0v) is 12.7. The molecule has 0 aliphatic heterocycles. The van der Waals surface area contributed by atoms with E-state index in [9.17, 15) is 5.11 Å². The minimum atomic E-state index is -0.518.